The van der Waals surface area contributed by atoms with E-state index < -0.39 is 34.7 Å². The standard InChI is InChI=1S/C41H39ClN2O8/c1-16(2)28-23-12-19(6)30(31-20(7)13-24-29(17(3)4)40(51)36(47)26(15-45)33(24)38(31)49)37(48)32(23)25(35(46)39(28)50)14-22-21(8)43-44(41(22)52)34-18(5)10-9-11-27(34)42/h9-17,46-51H,1-8H3/b22-14-. The van der Waals surface area contributed by atoms with Gasteiger partial charge in [0.05, 0.1) is 27.6 Å². The molecule has 5 aromatic rings. The normalized spacial score (nSPS) is 14.1. The molecule has 0 unspecified atom stereocenters. The molecule has 0 aliphatic carbocycles. The van der Waals surface area contributed by atoms with Gasteiger partial charge in [0.2, 0.25) is 0 Å². The molecule has 0 saturated carbocycles. The molecule has 1 amide bonds. The Morgan fingerprint density at radius 3 is 1.63 bits per heavy atom. The van der Waals surface area contributed by atoms with Gasteiger partial charge in [-0.3, -0.25) is 9.59 Å². The highest BCUT2D eigenvalue weighted by Gasteiger charge is 2.34. The monoisotopic (exact) mass is 722 g/mol. The van der Waals surface area contributed by atoms with Gasteiger partial charge < -0.3 is 30.6 Å². The van der Waals surface area contributed by atoms with Crippen molar-refractivity contribution in [3.63, 3.8) is 0 Å². The van der Waals surface area contributed by atoms with Crippen LogP contribution in [0.15, 0.2) is 41.0 Å². The van der Waals surface area contributed by atoms with E-state index in [0.717, 1.165) is 0 Å². The molecule has 0 saturated heterocycles. The third-order valence-electron chi connectivity index (χ3n) is 9.86. The Labute approximate surface area is 305 Å². The lowest BCUT2D eigenvalue weighted by molar-refractivity contribution is -0.114. The minimum atomic E-state index is -0.675. The number of nitrogens with zero attached hydrogens (tertiary/aromatic N) is 2. The molecule has 0 aromatic heterocycles. The fraction of sp³-hybridized carbons (Fsp3) is 0.244. The Morgan fingerprint density at radius 1 is 0.692 bits per heavy atom. The number of anilines is 1. The molecule has 268 valence electrons. The third kappa shape index (κ3) is 5.20. The first-order chi connectivity index (χ1) is 24.4. The highest BCUT2D eigenvalue weighted by atomic mass is 35.5. The molecule has 52 heavy (non-hydrogen) atoms. The van der Waals surface area contributed by atoms with Crippen LogP contribution in [0.4, 0.5) is 5.69 Å². The van der Waals surface area contributed by atoms with Crippen LogP contribution in [0.3, 0.4) is 0 Å². The Hall–Kier alpha value is -5.74. The topological polar surface area (TPSA) is 171 Å². The van der Waals surface area contributed by atoms with Gasteiger partial charge in [0, 0.05) is 38.6 Å². The summed E-state index contributed by atoms with van der Waals surface area (Å²) in [6.07, 6.45) is 1.71. The second-order valence-corrected chi connectivity index (χ2v) is 14.3. The molecule has 0 bridgehead atoms. The average molecular weight is 723 g/mol. The number of benzene rings is 5. The summed E-state index contributed by atoms with van der Waals surface area (Å²) in [5, 5.41) is 75.8. The maximum Gasteiger partial charge on any atom is 0.280 e. The van der Waals surface area contributed by atoms with Gasteiger partial charge in [-0.15, -0.1) is 0 Å². The quantitative estimate of drug-likeness (QED) is 0.0572. The molecule has 1 heterocycles. The molecule has 0 fully saturated rings. The Kier molecular flexibility index (Phi) is 8.87. The van der Waals surface area contributed by atoms with Gasteiger partial charge >= 0.3 is 0 Å². The first kappa shape index (κ1) is 36.1. The summed E-state index contributed by atoms with van der Waals surface area (Å²) in [6.45, 7) is 14.1. The SMILES string of the molecule is CC1=NN(c2c(C)cccc2Cl)C(=O)/C1=C\c1c(O)c(O)c(C(C)C)c2cc(C)c(-c3c(C)cc4c(C(C)C)c(O)c(O)c(C=O)c4c3O)c(O)c12. The van der Waals surface area contributed by atoms with Crippen molar-refractivity contribution in [2.75, 3.05) is 5.01 Å². The molecule has 11 heteroatoms. The molecule has 5 aromatic carbocycles. The van der Waals surface area contributed by atoms with Crippen LogP contribution in [0.1, 0.15) is 90.2 Å². The second kappa shape index (κ2) is 12.8. The number of hydrazone groups is 1. The number of phenolic OH excluding ortho intramolecular Hbond substituents is 6. The van der Waals surface area contributed by atoms with Gasteiger partial charge in [0.15, 0.2) is 29.3 Å². The molecule has 10 nitrogen and oxygen atoms in total. The van der Waals surface area contributed by atoms with Gasteiger partial charge in [0.1, 0.15) is 11.5 Å². The zero-order valence-electron chi connectivity index (χ0n) is 30.0. The molecule has 0 spiro atoms. The van der Waals surface area contributed by atoms with Crippen molar-refractivity contribution in [3.8, 4) is 45.6 Å². The molecule has 0 radical (unpaired) electrons. The number of halogens is 1. The van der Waals surface area contributed by atoms with E-state index >= 15 is 0 Å². The Bertz CT molecular complexity index is 2460. The molecular formula is C41H39ClN2O8. The highest BCUT2D eigenvalue weighted by molar-refractivity contribution is 6.37. The summed E-state index contributed by atoms with van der Waals surface area (Å²) < 4.78 is 0. The van der Waals surface area contributed by atoms with Crippen LogP contribution >= 0.6 is 11.6 Å². The summed E-state index contributed by atoms with van der Waals surface area (Å²) in [6, 6.07) is 8.58. The van der Waals surface area contributed by atoms with Gasteiger partial charge in [0.25, 0.3) is 5.91 Å². The predicted molar refractivity (Wildman–Crippen MR) is 205 cm³/mol. The minimum Gasteiger partial charge on any atom is -0.507 e. The fourth-order valence-electron chi connectivity index (χ4n) is 7.50. The number of phenols is 6. The first-order valence-electron chi connectivity index (χ1n) is 16.7. The summed E-state index contributed by atoms with van der Waals surface area (Å²) >= 11 is 6.48. The van der Waals surface area contributed by atoms with E-state index in [-0.39, 0.29) is 56.2 Å². The van der Waals surface area contributed by atoms with Crippen LogP contribution in [0.25, 0.3) is 38.7 Å². The lowest BCUT2D eigenvalue weighted by Gasteiger charge is -2.23. The zero-order chi connectivity index (χ0) is 38.2. The van der Waals surface area contributed by atoms with E-state index in [1.165, 1.54) is 11.1 Å². The van der Waals surface area contributed by atoms with Crippen molar-refractivity contribution in [3.05, 3.63) is 79.9 Å². The van der Waals surface area contributed by atoms with E-state index in [1.807, 2.05) is 13.8 Å². The van der Waals surface area contributed by atoms with E-state index in [0.29, 0.717) is 61.3 Å². The number of amides is 1. The van der Waals surface area contributed by atoms with E-state index in [4.69, 9.17) is 11.6 Å². The van der Waals surface area contributed by atoms with Crippen LogP contribution in [0.2, 0.25) is 5.02 Å². The van der Waals surface area contributed by atoms with Gasteiger partial charge in [-0.2, -0.15) is 10.1 Å². The molecule has 6 N–H and O–H groups in total. The van der Waals surface area contributed by atoms with Crippen LogP contribution in [0.5, 0.6) is 34.5 Å². The number of aryl methyl sites for hydroxylation is 3. The maximum atomic E-state index is 13.9. The number of aromatic hydroxyl groups is 6. The van der Waals surface area contributed by atoms with Crippen LogP contribution in [-0.4, -0.2) is 48.5 Å². The molecule has 1 aliphatic heterocycles. The third-order valence-corrected chi connectivity index (χ3v) is 10.2. The lowest BCUT2D eigenvalue weighted by Crippen LogP contribution is -2.22. The summed E-state index contributed by atoms with van der Waals surface area (Å²) in [7, 11) is 0. The smallest absolute Gasteiger partial charge is 0.280 e. The van der Waals surface area contributed by atoms with Gasteiger partial charge in [-0.1, -0.05) is 63.6 Å². The number of rotatable bonds is 6. The first-order valence-corrected chi connectivity index (χ1v) is 17.1. The number of hydrogen-bond acceptors (Lipinski definition) is 9. The van der Waals surface area contributed by atoms with Crippen molar-refractivity contribution < 1.29 is 40.2 Å². The number of aldehydes is 1. The second-order valence-electron chi connectivity index (χ2n) is 13.9. The summed E-state index contributed by atoms with van der Waals surface area (Å²) in [5.41, 5.74) is 2.99. The number of para-hydroxylation sites is 1. The Morgan fingerprint density at radius 2 is 1.17 bits per heavy atom. The van der Waals surface area contributed by atoms with Gasteiger partial charge in [-0.05, 0) is 79.1 Å². The van der Waals surface area contributed by atoms with Crippen LogP contribution < -0.4 is 5.01 Å². The van der Waals surface area contributed by atoms with E-state index in [1.54, 1.807) is 71.9 Å². The number of carbonyl (C=O) groups excluding carboxylic acids is 2. The number of hydrogen-bond donors (Lipinski definition) is 6. The minimum absolute atomic E-state index is 0.00870. The van der Waals surface area contributed by atoms with E-state index in [2.05, 4.69) is 5.10 Å². The van der Waals surface area contributed by atoms with Gasteiger partial charge in [-0.25, -0.2) is 0 Å². The molecular weight excluding hydrogens is 684 g/mol. The van der Waals surface area contributed by atoms with Crippen molar-refractivity contribution in [2.45, 2.75) is 67.2 Å². The molecule has 6 rings (SSSR count). The average Bonchev–Trinajstić information content (AvgIpc) is 3.33. The number of fused-ring (bicyclic) bond motifs is 2. The maximum absolute atomic E-state index is 13.9. The van der Waals surface area contributed by atoms with Crippen molar-refractivity contribution in [2.24, 2.45) is 5.10 Å². The predicted octanol–water partition coefficient (Wildman–Crippen LogP) is 9.34. The van der Waals surface area contributed by atoms with Crippen molar-refractivity contribution >= 4 is 62.8 Å². The highest BCUT2D eigenvalue weighted by Crippen LogP contribution is 2.55. The summed E-state index contributed by atoms with van der Waals surface area (Å²) in [5.74, 6) is -4.11. The van der Waals surface area contributed by atoms with Crippen molar-refractivity contribution in [1.82, 2.24) is 0 Å². The zero-order valence-corrected chi connectivity index (χ0v) is 30.7. The van der Waals surface area contributed by atoms with E-state index in [9.17, 15) is 40.2 Å². The fourth-order valence-corrected chi connectivity index (χ4v) is 7.80. The molecule has 0 atom stereocenters. The molecule has 1 aliphatic rings. The van der Waals surface area contributed by atoms with Crippen LogP contribution in [-0.2, 0) is 4.79 Å². The lowest BCUT2D eigenvalue weighted by atomic mass is 9.83. The van der Waals surface area contributed by atoms with Crippen LogP contribution in [0, 0.1) is 20.8 Å². The largest absolute Gasteiger partial charge is 0.507 e. The number of carbonyl (C=O) groups is 2. The van der Waals surface area contributed by atoms with Crippen molar-refractivity contribution in [1.29, 1.82) is 0 Å². The Balaban J connectivity index is 1.72. The summed E-state index contributed by atoms with van der Waals surface area (Å²) in [4.78, 5) is 26.3.